The fourth-order valence-electron chi connectivity index (χ4n) is 1.73. The molecule has 0 bridgehead atoms. The van der Waals surface area contributed by atoms with Crippen molar-refractivity contribution in [1.82, 2.24) is 10.2 Å². The van der Waals surface area contributed by atoms with Gasteiger partial charge in [0.05, 0.1) is 5.56 Å². The summed E-state index contributed by atoms with van der Waals surface area (Å²) in [5.41, 5.74) is 0.810. The summed E-state index contributed by atoms with van der Waals surface area (Å²) in [6, 6.07) is 2.24. The van der Waals surface area contributed by atoms with Gasteiger partial charge in [-0.25, -0.2) is 0 Å². The fraction of sp³-hybridized carbons (Fsp3) is 0.500. The Morgan fingerprint density at radius 2 is 2.57 bits per heavy atom. The van der Waals surface area contributed by atoms with Crippen LogP contribution in [0.3, 0.4) is 0 Å². The number of nitrogens with one attached hydrogen (secondary N) is 1. The number of carbonyl (C=O) groups excluding carboxylic acids is 1. The van der Waals surface area contributed by atoms with Gasteiger partial charge in [0.2, 0.25) is 0 Å². The second-order valence-corrected chi connectivity index (χ2v) is 4.35. The monoisotopic (exact) mass is 210 g/mol. The number of thiophene rings is 1. The van der Waals surface area contributed by atoms with Crippen LogP contribution in [-0.2, 0) is 0 Å². The third-order valence-corrected chi connectivity index (χ3v) is 3.35. The van der Waals surface area contributed by atoms with E-state index < -0.39 is 0 Å². The van der Waals surface area contributed by atoms with Crippen molar-refractivity contribution in [2.75, 3.05) is 20.1 Å². The Labute approximate surface area is 87.7 Å². The number of hydrogen-bond donors (Lipinski definition) is 1. The van der Waals surface area contributed by atoms with Gasteiger partial charge in [-0.2, -0.15) is 11.3 Å². The van der Waals surface area contributed by atoms with Crippen molar-refractivity contribution >= 4 is 17.2 Å². The standard InChI is InChI=1S/C10H14N2OS/c1-12(9-2-4-11-6-9)10(13)8-3-5-14-7-8/h3,5,7,9,11H,2,4,6H2,1H3/t9-/m0/s1. The molecule has 1 atom stereocenters. The maximum absolute atomic E-state index is 11.9. The zero-order valence-corrected chi connectivity index (χ0v) is 9.01. The lowest BCUT2D eigenvalue weighted by Crippen LogP contribution is -2.38. The van der Waals surface area contributed by atoms with E-state index in [0.717, 1.165) is 25.1 Å². The number of rotatable bonds is 2. The zero-order chi connectivity index (χ0) is 9.97. The van der Waals surface area contributed by atoms with E-state index in [-0.39, 0.29) is 5.91 Å². The highest BCUT2D eigenvalue weighted by atomic mass is 32.1. The van der Waals surface area contributed by atoms with Gasteiger partial charge < -0.3 is 10.2 Å². The van der Waals surface area contributed by atoms with Gasteiger partial charge in [-0.15, -0.1) is 0 Å². The van der Waals surface area contributed by atoms with Gasteiger partial charge >= 0.3 is 0 Å². The van der Waals surface area contributed by atoms with Gasteiger partial charge in [-0.3, -0.25) is 4.79 Å². The van der Waals surface area contributed by atoms with Gasteiger partial charge in [0.25, 0.3) is 5.91 Å². The molecule has 1 N–H and O–H groups in total. The molecule has 1 aromatic heterocycles. The summed E-state index contributed by atoms with van der Waals surface area (Å²) in [6.07, 6.45) is 1.06. The molecule has 1 aromatic rings. The molecule has 0 radical (unpaired) electrons. The lowest BCUT2D eigenvalue weighted by Gasteiger charge is -2.23. The molecule has 76 valence electrons. The molecule has 3 nitrogen and oxygen atoms in total. The summed E-state index contributed by atoms with van der Waals surface area (Å²) in [5.74, 6) is 0.139. The molecule has 4 heteroatoms. The Kier molecular flexibility index (Phi) is 2.84. The SMILES string of the molecule is CN(C(=O)c1ccsc1)[C@H]1CCNC1. The van der Waals surface area contributed by atoms with E-state index in [9.17, 15) is 4.79 Å². The van der Waals surface area contributed by atoms with Crippen molar-refractivity contribution in [3.63, 3.8) is 0 Å². The third kappa shape index (κ3) is 1.81. The molecular weight excluding hydrogens is 196 g/mol. The van der Waals surface area contributed by atoms with Crippen molar-refractivity contribution in [3.8, 4) is 0 Å². The van der Waals surface area contributed by atoms with Crippen LogP contribution in [0.4, 0.5) is 0 Å². The number of amides is 1. The zero-order valence-electron chi connectivity index (χ0n) is 8.19. The molecule has 14 heavy (non-hydrogen) atoms. The van der Waals surface area contributed by atoms with Crippen LogP contribution in [0.1, 0.15) is 16.8 Å². The molecule has 0 saturated carbocycles. The first-order valence-corrected chi connectivity index (χ1v) is 5.73. The molecule has 0 aliphatic carbocycles. The van der Waals surface area contributed by atoms with E-state index in [4.69, 9.17) is 0 Å². The first kappa shape index (κ1) is 9.68. The highest BCUT2D eigenvalue weighted by molar-refractivity contribution is 7.08. The lowest BCUT2D eigenvalue weighted by molar-refractivity contribution is 0.0744. The van der Waals surface area contributed by atoms with Gasteiger partial charge in [0.1, 0.15) is 0 Å². The predicted molar refractivity (Wildman–Crippen MR) is 57.7 cm³/mol. The number of likely N-dealkylation sites (N-methyl/N-ethyl adjacent to an activating group) is 1. The average molecular weight is 210 g/mol. The van der Waals surface area contributed by atoms with E-state index in [1.807, 2.05) is 28.8 Å². The minimum absolute atomic E-state index is 0.139. The summed E-state index contributed by atoms with van der Waals surface area (Å²) in [4.78, 5) is 13.7. The fourth-order valence-corrected chi connectivity index (χ4v) is 2.36. The van der Waals surface area contributed by atoms with E-state index in [2.05, 4.69) is 5.32 Å². The van der Waals surface area contributed by atoms with Crippen LogP contribution in [0.2, 0.25) is 0 Å². The van der Waals surface area contributed by atoms with E-state index >= 15 is 0 Å². The van der Waals surface area contributed by atoms with E-state index in [1.165, 1.54) is 0 Å². The smallest absolute Gasteiger partial charge is 0.254 e. The molecule has 0 unspecified atom stereocenters. The summed E-state index contributed by atoms with van der Waals surface area (Å²) in [5, 5.41) is 7.10. The minimum Gasteiger partial charge on any atom is -0.337 e. The summed E-state index contributed by atoms with van der Waals surface area (Å²) < 4.78 is 0. The summed E-state index contributed by atoms with van der Waals surface area (Å²) >= 11 is 1.56. The topological polar surface area (TPSA) is 32.3 Å². The molecule has 1 aliphatic rings. The molecule has 0 spiro atoms. The number of carbonyl (C=O) groups is 1. The van der Waals surface area contributed by atoms with Crippen molar-refractivity contribution in [2.24, 2.45) is 0 Å². The van der Waals surface area contributed by atoms with E-state index in [0.29, 0.717) is 6.04 Å². The molecule has 1 amide bonds. The number of hydrogen-bond acceptors (Lipinski definition) is 3. The van der Waals surface area contributed by atoms with Crippen LogP contribution in [0, 0.1) is 0 Å². The van der Waals surface area contributed by atoms with Crippen LogP contribution in [0.15, 0.2) is 16.8 Å². The molecule has 1 fully saturated rings. The average Bonchev–Trinajstić information content (AvgIpc) is 2.87. The Bertz CT molecular complexity index is 304. The largest absolute Gasteiger partial charge is 0.337 e. The second kappa shape index (κ2) is 4.11. The van der Waals surface area contributed by atoms with Crippen molar-refractivity contribution in [3.05, 3.63) is 22.4 Å². The normalized spacial score (nSPS) is 21.1. The predicted octanol–water partition coefficient (Wildman–Crippen LogP) is 1.18. The first-order valence-electron chi connectivity index (χ1n) is 4.79. The summed E-state index contributed by atoms with van der Waals surface area (Å²) in [6.45, 7) is 1.94. The maximum atomic E-state index is 11.9. The van der Waals surface area contributed by atoms with Gasteiger partial charge in [0, 0.05) is 25.0 Å². The lowest BCUT2D eigenvalue weighted by atomic mass is 10.2. The molecule has 1 saturated heterocycles. The first-order chi connectivity index (χ1) is 6.79. The van der Waals surface area contributed by atoms with Crippen LogP contribution in [-0.4, -0.2) is 37.0 Å². The van der Waals surface area contributed by atoms with Gasteiger partial charge in [-0.05, 0) is 24.4 Å². The minimum atomic E-state index is 0.139. The molecule has 2 heterocycles. The van der Waals surface area contributed by atoms with Crippen molar-refractivity contribution in [2.45, 2.75) is 12.5 Å². The molecular formula is C10H14N2OS. The Morgan fingerprint density at radius 3 is 3.14 bits per heavy atom. The molecule has 0 aromatic carbocycles. The molecule has 2 rings (SSSR count). The maximum Gasteiger partial charge on any atom is 0.254 e. The molecule has 1 aliphatic heterocycles. The van der Waals surface area contributed by atoms with E-state index in [1.54, 1.807) is 11.3 Å². The number of nitrogens with zero attached hydrogens (tertiary/aromatic N) is 1. The quantitative estimate of drug-likeness (QED) is 0.795. The Balaban J connectivity index is 2.04. The Hall–Kier alpha value is -0.870. The Morgan fingerprint density at radius 1 is 1.71 bits per heavy atom. The second-order valence-electron chi connectivity index (χ2n) is 3.57. The van der Waals surface area contributed by atoms with Crippen LogP contribution < -0.4 is 5.32 Å². The summed E-state index contributed by atoms with van der Waals surface area (Å²) in [7, 11) is 1.89. The van der Waals surface area contributed by atoms with Crippen LogP contribution in [0.5, 0.6) is 0 Å². The highest BCUT2D eigenvalue weighted by Gasteiger charge is 2.23. The van der Waals surface area contributed by atoms with Crippen molar-refractivity contribution in [1.29, 1.82) is 0 Å². The van der Waals surface area contributed by atoms with Gasteiger partial charge in [-0.1, -0.05) is 0 Å². The van der Waals surface area contributed by atoms with Crippen LogP contribution >= 0.6 is 11.3 Å². The third-order valence-electron chi connectivity index (χ3n) is 2.67. The highest BCUT2D eigenvalue weighted by Crippen LogP contribution is 2.13. The van der Waals surface area contributed by atoms with Crippen molar-refractivity contribution < 1.29 is 4.79 Å². The van der Waals surface area contributed by atoms with Gasteiger partial charge in [0.15, 0.2) is 0 Å². The van der Waals surface area contributed by atoms with Crippen LogP contribution in [0.25, 0.3) is 0 Å².